The summed E-state index contributed by atoms with van der Waals surface area (Å²) in [7, 11) is 0. The van der Waals surface area contributed by atoms with Crippen LogP contribution in [0.5, 0.6) is 0 Å². The Balaban J connectivity index is 1.50. The van der Waals surface area contributed by atoms with Crippen LogP contribution in [0.4, 0.5) is 10.3 Å². The molecule has 1 aromatic heterocycles. The van der Waals surface area contributed by atoms with Gasteiger partial charge in [0.1, 0.15) is 6.10 Å². The lowest BCUT2D eigenvalue weighted by molar-refractivity contribution is -0.185. The van der Waals surface area contributed by atoms with Gasteiger partial charge in [0.25, 0.3) is 0 Å². The van der Waals surface area contributed by atoms with Crippen LogP contribution in [0.3, 0.4) is 0 Å². The molecule has 1 N–H and O–H groups in total. The van der Waals surface area contributed by atoms with E-state index in [1.165, 1.54) is 19.3 Å². The average Bonchev–Trinajstić information content (AvgIpc) is 2.82. The van der Waals surface area contributed by atoms with Crippen LogP contribution in [-0.4, -0.2) is 35.0 Å². The quantitative estimate of drug-likeness (QED) is 0.909. The lowest BCUT2D eigenvalue weighted by Crippen LogP contribution is -2.34. The van der Waals surface area contributed by atoms with E-state index >= 15 is 0 Å². The number of halogens is 1. The molecule has 2 aliphatic rings. The van der Waals surface area contributed by atoms with E-state index in [0.29, 0.717) is 19.1 Å². The molecular weight excluding hydrogens is 249 g/mol. The number of ether oxygens (including phenoxy) is 2. The minimum Gasteiger partial charge on any atom is -0.352 e. The Kier molecular flexibility index (Phi) is 3.61. The minimum atomic E-state index is -0.438. The zero-order chi connectivity index (χ0) is 13.1. The van der Waals surface area contributed by atoms with E-state index in [9.17, 15) is 4.39 Å². The van der Waals surface area contributed by atoms with Crippen molar-refractivity contribution in [2.24, 2.45) is 0 Å². The maximum absolute atomic E-state index is 12.7. The van der Waals surface area contributed by atoms with Crippen molar-refractivity contribution >= 4 is 5.95 Å². The summed E-state index contributed by atoms with van der Waals surface area (Å²) < 4.78 is 24.5. The van der Waals surface area contributed by atoms with Crippen molar-refractivity contribution in [3.8, 4) is 0 Å². The number of aromatic nitrogens is 2. The number of rotatable bonds is 3. The first-order chi connectivity index (χ1) is 9.26. The van der Waals surface area contributed by atoms with Gasteiger partial charge in [0.15, 0.2) is 11.6 Å². The Hall–Kier alpha value is -1.27. The number of anilines is 1. The van der Waals surface area contributed by atoms with E-state index < -0.39 is 5.82 Å². The molecule has 104 valence electrons. The van der Waals surface area contributed by atoms with Gasteiger partial charge in [0.2, 0.25) is 5.95 Å². The van der Waals surface area contributed by atoms with Crippen molar-refractivity contribution in [3.05, 3.63) is 18.2 Å². The average molecular weight is 267 g/mol. The normalized spacial score (nSPS) is 25.6. The van der Waals surface area contributed by atoms with Crippen LogP contribution in [0, 0.1) is 5.82 Å². The van der Waals surface area contributed by atoms with Crippen molar-refractivity contribution in [1.29, 1.82) is 0 Å². The summed E-state index contributed by atoms with van der Waals surface area (Å²) in [4.78, 5) is 7.70. The van der Waals surface area contributed by atoms with Gasteiger partial charge in [-0.15, -0.1) is 0 Å². The highest BCUT2D eigenvalue weighted by molar-refractivity contribution is 5.22. The van der Waals surface area contributed by atoms with Gasteiger partial charge in [-0.2, -0.15) is 0 Å². The number of hydrogen-bond acceptors (Lipinski definition) is 5. The van der Waals surface area contributed by atoms with Crippen molar-refractivity contribution in [1.82, 2.24) is 9.97 Å². The van der Waals surface area contributed by atoms with Crippen LogP contribution >= 0.6 is 0 Å². The predicted molar refractivity (Wildman–Crippen MR) is 67.1 cm³/mol. The molecule has 3 rings (SSSR count). The Morgan fingerprint density at radius 2 is 2.00 bits per heavy atom. The molecule has 19 heavy (non-hydrogen) atoms. The Bertz CT molecular complexity index is 420. The fourth-order valence-corrected chi connectivity index (χ4v) is 2.68. The van der Waals surface area contributed by atoms with Crippen molar-refractivity contribution < 1.29 is 13.9 Å². The summed E-state index contributed by atoms with van der Waals surface area (Å²) in [6.07, 6.45) is 7.86. The van der Waals surface area contributed by atoms with Crippen molar-refractivity contribution in [3.63, 3.8) is 0 Å². The summed E-state index contributed by atoms with van der Waals surface area (Å²) in [5, 5.41) is 3.04. The zero-order valence-electron chi connectivity index (χ0n) is 10.8. The van der Waals surface area contributed by atoms with Crippen LogP contribution < -0.4 is 5.32 Å². The van der Waals surface area contributed by atoms with Crippen LogP contribution in [0.25, 0.3) is 0 Å². The SMILES string of the molecule is Fc1cnc(NCC2COC3(CCCCC3)O2)nc1. The first-order valence-electron chi connectivity index (χ1n) is 6.79. The lowest BCUT2D eigenvalue weighted by Gasteiger charge is -2.31. The molecular formula is C13H18FN3O2. The molecule has 1 saturated heterocycles. The maximum Gasteiger partial charge on any atom is 0.222 e. The van der Waals surface area contributed by atoms with Gasteiger partial charge >= 0.3 is 0 Å². The number of hydrogen-bond donors (Lipinski definition) is 1. The van der Waals surface area contributed by atoms with E-state index in [2.05, 4.69) is 15.3 Å². The van der Waals surface area contributed by atoms with Gasteiger partial charge in [-0.1, -0.05) is 6.42 Å². The Morgan fingerprint density at radius 1 is 1.26 bits per heavy atom. The van der Waals surface area contributed by atoms with Crippen molar-refractivity contribution in [2.75, 3.05) is 18.5 Å². The van der Waals surface area contributed by atoms with Gasteiger partial charge in [-0.3, -0.25) is 0 Å². The third-order valence-electron chi connectivity index (χ3n) is 3.64. The predicted octanol–water partition coefficient (Wildman–Crippen LogP) is 2.10. The monoisotopic (exact) mass is 267 g/mol. The van der Waals surface area contributed by atoms with Crippen LogP contribution in [0.15, 0.2) is 12.4 Å². The highest BCUT2D eigenvalue weighted by Crippen LogP contribution is 2.37. The molecule has 1 aliphatic heterocycles. The van der Waals surface area contributed by atoms with Crippen molar-refractivity contribution in [2.45, 2.75) is 44.0 Å². The van der Waals surface area contributed by atoms with Gasteiger partial charge in [-0.25, -0.2) is 14.4 Å². The Morgan fingerprint density at radius 3 is 2.74 bits per heavy atom. The second-order valence-electron chi connectivity index (χ2n) is 5.13. The van der Waals surface area contributed by atoms with E-state index in [0.717, 1.165) is 25.2 Å². The molecule has 1 spiro atoms. The molecule has 2 heterocycles. The summed E-state index contributed by atoms with van der Waals surface area (Å²) in [5.41, 5.74) is 0. The molecule has 1 atom stereocenters. The van der Waals surface area contributed by atoms with E-state index in [1.807, 2.05) is 0 Å². The molecule has 2 fully saturated rings. The van der Waals surface area contributed by atoms with E-state index in [4.69, 9.17) is 9.47 Å². The summed E-state index contributed by atoms with van der Waals surface area (Å²) in [5.74, 6) is -0.379. The molecule has 1 aromatic rings. The highest BCUT2D eigenvalue weighted by Gasteiger charge is 2.41. The lowest BCUT2D eigenvalue weighted by atomic mass is 9.94. The first kappa shape index (κ1) is 12.7. The molecule has 0 bridgehead atoms. The fraction of sp³-hybridized carbons (Fsp3) is 0.692. The third kappa shape index (κ3) is 3.01. The van der Waals surface area contributed by atoms with E-state index in [1.54, 1.807) is 0 Å². The van der Waals surface area contributed by atoms with Gasteiger partial charge < -0.3 is 14.8 Å². The van der Waals surface area contributed by atoms with Gasteiger partial charge in [0.05, 0.1) is 19.0 Å². The Labute approximate surface area is 111 Å². The zero-order valence-corrected chi connectivity index (χ0v) is 10.8. The molecule has 1 saturated carbocycles. The van der Waals surface area contributed by atoms with Gasteiger partial charge in [-0.05, 0) is 12.8 Å². The summed E-state index contributed by atoms with van der Waals surface area (Å²) >= 11 is 0. The maximum atomic E-state index is 12.7. The second-order valence-corrected chi connectivity index (χ2v) is 5.13. The molecule has 5 nitrogen and oxygen atoms in total. The van der Waals surface area contributed by atoms with Crippen LogP contribution in [-0.2, 0) is 9.47 Å². The topological polar surface area (TPSA) is 56.3 Å². The summed E-state index contributed by atoms with van der Waals surface area (Å²) in [6, 6.07) is 0. The van der Waals surface area contributed by atoms with Crippen LogP contribution in [0.1, 0.15) is 32.1 Å². The molecule has 0 radical (unpaired) electrons. The standard InChI is InChI=1S/C13H18FN3O2/c14-10-6-15-12(16-7-10)17-8-11-9-18-13(19-11)4-2-1-3-5-13/h6-7,11H,1-5,8-9H2,(H,15,16,17). The summed E-state index contributed by atoms with van der Waals surface area (Å²) in [6.45, 7) is 1.17. The number of nitrogens with zero attached hydrogens (tertiary/aromatic N) is 2. The first-order valence-corrected chi connectivity index (χ1v) is 6.79. The molecule has 6 heteroatoms. The van der Waals surface area contributed by atoms with Crippen LogP contribution in [0.2, 0.25) is 0 Å². The van der Waals surface area contributed by atoms with Gasteiger partial charge in [0, 0.05) is 19.4 Å². The smallest absolute Gasteiger partial charge is 0.222 e. The third-order valence-corrected chi connectivity index (χ3v) is 3.64. The minimum absolute atomic E-state index is 0.00625. The molecule has 1 unspecified atom stereocenters. The molecule has 0 aromatic carbocycles. The molecule has 0 amide bonds. The second kappa shape index (κ2) is 5.38. The van der Waals surface area contributed by atoms with E-state index in [-0.39, 0.29) is 11.9 Å². The largest absolute Gasteiger partial charge is 0.352 e. The number of nitrogens with one attached hydrogen (secondary N) is 1. The highest BCUT2D eigenvalue weighted by atomic mass is 19.1. The molecule has 1 aliphatic carbocycles. The fourth-order valence-electron chi connectivity index (χ4n) is 2.68.